The molecule has 0 aromatic heterocycles. The fourth-order valence-electron chi connectivity index (χ4n) is 3.34. The molecule has 0 bridgehead atoms. The molecule has 0 spiro atoms. The number of hydrogen-bond donors (Lipinski definition) is 2. The van der Waals surface area contributed by atoms with Crippen LogP contribution in [0.25, 0.3) is 0 Å². The minimum atomic E-state index is -3.18. The van der Waals surface area contributed by atoms with Gasteiger partial charge in [0.25, 0.3) is 0 Å². The summed E-state index contributed by atoms with van der Waals surface area (Å²) in [6.45, 7) is 0.430. The summed E-state index contributed by atoms with van der Waals surface area (Å²) in [4.78, 5) is 0. The zero-order chi connectivity index (χ0) is 13.1. The highest BCUT2D eigenvalue weighted by molar-refractivity contribution is 7.90. The van der Waals surface area contributed by atoms with E-state index in [-0.39, 0.29) is 10.8 Å². The van der Waals surface area contributed by atoms with Crippen LogP contribution in [0.2, 0.25) is 0 Å². The van der Waals surface area contributed by atoms with Crippen LogP contribution >= 0.6 is 0 Å². The van der Waals surface area contributed by atoms with Crippen molar-refractivity contribution >= 4 is 10.0 Å². The second-order valence-corrected chi connectivity index (χ2v) is 7.91. The molecular formula is C13H26N2O2S. The number of nitrogens with one attached hydrogen (secondary N) is 1. The minimum Gasteiger partial charge on any atom is -0.329 e. The number of rotatable bonds is 4. The molecule has 2 aliphatic carbocycles. The van der Waals surface area contributed by atoms with Gasteiger partial charge in [-0.15, -0.1) is 0 Å². The predicted octanol–water partition coefficient (Wildman–Crippen LogP) is 1.90. The first-order chi connectivity index (χ1) is 8.58. The van der Waals surface area contributed by atoms with E-state index in [1.807, 2.05) is 0 Å². The monoisotopic (exact) mass is 274 g/mol. The standard InChI is InChI=1S/C13H26N2O2S/c14-11-13(9-5-2-6-10-13)15-18(16,17)12-7-3-1-4-8-12/h12,15H,1-11,14H2. The molecule has 0 aliphatic heterocycles. The summed E-state index contributed by atoms with van der Waals surface area (Å²) in [6, 6.07) is 0. The van der Waals surface area contributed by atoms with Crippen molar-refractivity contribution in [2.45, 2.75) is 75.0 Å². The summed E-state index contributed by atoms with van der Waals surface area (Å²) in [5.74, 6) is 0. The Balaban J connectivity index is 2.05. The van der Waals surface area contributed by atoms with Gasteiger partial charge in [0.05, 0.1) is 5.25 Å². The van der Waals surface area contributed by atoms with Crippen molar-refractivity contribution in [3.05, 3.63) is 0 Å². The second kappa shape index (κ2) is 5.88. The maximum Gasteiger partial charge on any atom is 0.215 e. The molecule has 4 nitrogen and oxygen atoms in total. The molecule has 0 saturated heterocycles. The van der Waals surface area contributed by atoms with Gasteiger partial charge >= 0.3 is 0 Å². The molecule has 3 N–H and O–H groups in total. The topological polar surface area (TPSA) is 72.2 Å². The Morgan fingerprint density at radius 1 is 1.00 bits per heavy atom. The van der Waals surface area contributed by atoms with Gasteiger partial charge in [-0.25, -0.2) is 13.1 Å². The molecule has 2 fully saturated rings. The van der Waals surface area contributed by atoms with Crippen LogP contribution in [-0.4, -0.2) is 25.8 Å². The third-order valence-electron chi connectivity index (χ3n) is 4.55. The molecule has 0 unspecified atom stereocenters. The molecule has 0 amide bonds. The van der Waals surface area contributed by atoms with Crippen molar-refractivity contribution in [2.75, 3.05) is 6.54 Å². The first-order valence-electron chi connectivity index (χ1n) is 7.31. The molecule has 2 saturated carbocycles. The Bertz CT molecular complexity index is 355. The van der Waals surface area contributed by atoms with Gasteiger partial charge in [-0.3, -0.25) is 0 Å². The van der Waals surface area contributed by atoms with Crippen LogP contribution in [0.1, 0.15) is 64.2 Å². The third kappa shape index (κ3) is 3.25. The average Bonchev–Trinajstić information content (AvgIpc) is 2.40. The molecule has 18 heavy (non-hydrogen) atoms. The van der Waals surface area contributed by atoms with Crippen LogP contribution in [0.3, 0.4) is 0 Å². The zero-order valence-corrected chi connectivity index (χ0v) is 12.0. The van der Waals surface area contributed by atoms with Crippen LogP contribution in [0.5, 0.6) is 0 Å². The lowest BCUT2D eigenvalue weighted by Gasteiger charge is -2.38. The SMILES string of the molecule is NCC1(NS(=O)(=O)C2CCCCC2)CCCCC1. The minimum absolute atomic E-state index is 0.184. The second-order valence-electron chi connectivity index (χ2n) is 5.95. The summed E-state index contributed by atoms with van der Waals surface area (Å²) >= 11 is 0. The van der Waals surface area contributed by atoms with Crippen LogP contribution < -0.4 is 10.5 Å². The van der Waals surface area contributed by atoms with Gasteiger partial charge in [0.2, 0.25) is 10.0 Å². The molecule has 0 atom stereocenters. The Hall–Kier alpha value is -0.130. The van der Waals surface area contributed by atoms with E-state index in [0.717, 1.165) is 51.4 Å². The van der Waals surface area contributed by atoms with Crippen molar-refractivity contribution < 1.29 is 8.42 Å². The van der Waals surface area contributed by atoms with Crippen LogP contribution in [0.15, 0.2) is 0 Å². The van der Waals surface area contributed by atoms with E-state index in [2.05, 4.69) is 4.72 Å². The van der Waals surface area contributed by atoms with E-state index >= 15 is 0 Å². The van der Waals surface area contributed by atoms with Crippen molar-refractivity contribution in [2.24, 2.45) is 5.73 Å². The van der Waals surface area contributed by atoms with Gasteiger partial charge in [0, 0.05) is 12.1 Å². The summed E-state index contributed by atoms with van der Waals surface area (Å²) in [6.07, 6.45) is 10.1. The highest BCUT2D eigenvalue weighted by atomic mass is 32.2. The molecule has 0 heterocycles. The van der Waals surface area contributed by atoms with Crippen molar-refractivity contribution in [1.82, 2.24) is 4.72 Å². The third-order valence-corrected chi connectivity index (χ3v) is 6.62. The van der Waals surface area contributed by atoms with Gasteiger partial charge in [-0.2, -0.15) is 0 Å². The molecule has 2 rings (SSSR count). The predicted molar refractivity (Wildman–Crippen MR) is 73.8 cm³/mol. The lowest BCUT2D eigenvalue weighted by atomic mass is 9.83. The van der Waals surface area contributed by atoms with E-state index in [1.165, 1.54) is 12.8 Å². The summed E-state index contributed by atoms with van der Waals surface area (Å²) < 4.78 is 27.9. The Morgan fingerprint density at radius 3 is 2.11 bits per heavy atom. The van der Waals surface area contributed by atoms with E-state index in [9.17, 15) is 8.42 Å². The average molecular weight is 274 g/mol. The normalized spacial score (nSPS) is 26.1. The first-order valence-corrected chi connectivity index (χ1v) is 8.85. The van der Waals surface area contributed by atoms with Gasteiger partial charge in [0.1, 0.15) is 0 Å². The maximum atomic E-state index is 12.5. The quantitative estimate of drug-likeness (QED) is 0.822. The summed E-state index contributed by atoms with van der Waals surface area (Å²) in [5, 5.41) is -0.184. The molecule has 0 aromatic rings. The molecular weight excluding hydrogens is 248 g/mol. The van der Waals surface area contributed by atoms with E-state index in [4.69, 9.17) is 5.73 Å². The van der Waals surface area contributed by atoms with Gasteiger partial charge in [-0.1, -0.05) is 38.5 Å². The van der Waals surface area contributed by atoms with Gasteiger partial charge in [0.15, 0.2) is 0 Å². The molecule has 0 aromatic carbocycles. The van der Waals surface area contributed by atoms with E-state index < -0.39 is 10.0 Å². The maximum absolute atomic E-state index is 12.5. The van der Waals surface area contributed by atoms with Crippen molar-refractivity contribution in [1.29, 1.82) is 0 Å². The van der Waals surface area contributed by atoms with Crippen LogP contribution in [-0.2, 0) is 10.0 Å². The highest BCUT2D eigenvalue weighted by Gasteiger charge is 2.38. The Labute approximate surface area is 111 Å². The Morgan fingerprint density at radius 2 is 1.56 bits per heavy atom. The van der Waals surface area contributed by atoms with Crippen LogP contribution in [0, 0.1) is 0 Å². The number of sulfonamides is 1. The molecule has 106 valence electrons. The van der Waals surface area contributed by atoms with E-state index in [1.54, 1.807) is 0 Å². The fourth-order valence-corrected chi connectivity index (χ4v) is 5.35. The highest BCUT2D eigenvalue weighted by Crippen LogP contribution is 2.30. The summed E-state index contributed by atoms with van der Waals surface area (Å²) in [5.41, 5.74) is 5.50. The van der Waals surface area contributed by atoms with E-state index in [0.29, 0.717) is 6.54 Å². The number of nitrogens with two attached hydrogens (primary N) is 1. The Kier molecular flexibility index (Phi) is 4.67. The smallest absolute Gasteiger partial charge is 0.215 e. The molecule has 2 aliphatic rings. The van der Waals surface area contributed by atoms with Crippen molar-refractivity contribution in [3.8, 4) is 0 Å². The fraction of sp³-hybridized carbons (Fsp3) is 1.00. The number of hydrogen-bond acceptors (Lipinski definition) is 3. The van der Waals surface area contributed by atoms with Crippen LogP contribution in [0.4, 0.5) is 0 Å². The molecule has 5 heteroatoms. The largest absolute Gasteiger partial charge is 0.329 e. The lowest BCUT2D eigenvalue weighted by molar-refractivity contribution is 0.274. The van der Waals surface area contributed by atoms with Gasteiger partial charge < -0.3 is 5.73 Å². The summed E-state index contributed by atoms with van der Waals surface area (Å²) in [7, 11) is -3.18. The van der Waals surface area contributed by atoms with Gasteiger partial charge in [-0.05, 0) is 25.7 Å². The molecule has 0 radical (unpaired) electrons. The lowest BCUT2D eigenvalue weighted by Crippen LogP contribution is -2.56. The zero-order valence-electron chi connectivity index (χ0n) is 11.2. The van der Waals surface area contributed by atoms with Crippen molar-refractivity contribution in [3.63, 3.8) is 0 Å². The first kappa shape index (κ1) is 14.3.